The van der Waals surface area contributed by atoms with Gasteiger partial charge in [0.15, 0.2) is 0 Å². The Morgan fingerprint density at radius 3 is 2.44 bits per heavy atom. The van der Waals surface area contributed by atoms with E-state index in [0.717, 1.165) is 44.9 Å². The van der Waals surface area contributed by atoms with Crippen LogP contribution >= 0.6 is 0 Å². The first kappa shape index (κ1) is 14.3. The number of hydrogen-bond acceptors (Lipinski definition) is 4. The van der Waals surface area contributed by atoms with Crippen molar-refractivity contribution in [2.45, 2.75) is 68.2 Å². The molecule has 18 heavy (non-hydrogen) atoms. The highest BCUT2D eigenvalue weighted by atomic mass is 32.2. The van der Waals surface area contributed by atoms with Crippen LogP contribution in [0.15, 0.2) is 0 Å². The molecule has 0 heterocycles. The third-order valence-corrected chi connectivity index (χ3v) is 6.24. The zero-order valence-corrected chi connectivity index (χ0v) is 12.0. The van der Waals surface area contributed by atoms with E-state index in [1.54, 1.807) is 0 Å². The predicted octanol–water partition coefficient (Wildman–Crippen LogP) is 1.24. The summed E-state index contributed by atoms with van der Waals surface area (Å²) in [5, 5.41) is 13.0. The quantitative estimate of drug-likeness (QED) is 0.810. The van der Waals surface area contributed by atoms with Crippen LogP contribution in [-0.2, 0) is 9.84 Å². The Bertz CT molecular complexity index is 374. The van der Waals surface area contributed by atoms with E-state index in [-0.39, 0.29) is 23.4 Å². The van der Waals surface area contributed by atoms with E-state index in [0.29, 0.717) is 6.42 Å². The van der Waals surface area contributed by atoms with Gasteiger partial charge in [-0.1, -0.05) is 19.3 Å². The molecule has 0 aromatic carbocycles. The Morgan fingerprint density at radius 1 is 1.22 bits per heavy atom. The van der Waals surface area contributed by atoms with Crippen molar-refractivity contribution in [1.82, 2.24) is 5.32 Å². The van der Waals surface area contributed by atoms with Crippen molar-refractivity contribution in [2.24, 2.45) is 0 Å². The molecule has 2 rings (SSSR count). The number of nitrogens with one attached hydrogen (secondary N) is 1. The summed E-state index contributed by atoms with van der Waals surface area (Å²) in [4.78, 5) is 0. The lowest BCUT2D eigenvalue weighted by molar-refractivity contribution is 0.141. The summed E-state index contributed by atoms with van der Waals surface area (Å²) in [6, 6.07) is 0.253. The van der Waals surface area contributed by atoms with Gasteiger partial charge in [0.25, 0.3) is 0 Å². The van der Waals surface area contributed by atoms with Gasteiger partial charge in [0.1, 0.15) is 9.84 Å². The fraction of sp³-hybridized carbons (Fsp3) is 1.00. The molecular formula is C13H25NO3S. The van der Waals surface area contributed by atoms with Crippen molar-refractivity contribution < 1.29 is 13.5 Å². The highest BCUT2D eigenvalue weighted by molar-refractivity contribution is 7.91. The summed E-state index contributed by atoms with van der Waals surface area (Å²) in [6.07, 6.45) is 9.21. The number of sulfone groups is 1. The fourth-order valence-electron chi connectivity index (χ4n) is 3.50. The third kappa shape index (κ3) is 3.25. The average Bonchev–Trinajstić information content (AvgIpc) is 2.77. The first-order chi connectivity index (χ1) is 8.45. The van der Waals surface area contributed by atoms with Gasteiger partial charge in [0, 0.05) is 17.8 Å². The van der Waals surface area contributed by atoms with Gasteiger partial charge in [-0.25, -0.2) is 8.42 Å². The van der Waals surface area contributed by atoms with Crippen molar-refractivity contribution in [3.05, 3.63) is 0 Å². The lowest BCUT2D eigenvalue weighted by Gasteiger charge is -2.37. The average molecular weight is 275 g/mol. The van der Waals surface area contributed by atoms with E-state index in [1.807, 2.05) is 0 Å². The van der Waals surface area contributed by atoms with E-state index in [9.17, 15) is 13.5 Å². The molecule has 0 bridgehead atoms. The van der Waals surface area contributed by atoms with Crippen LogP contribution in [0.25, 0.3) is 0 Å². The van der Waals surface area contributed by atoms with Gasteiger partial charge in [0.2, 0.25) is 0 Å². The Balaban J connectivity index is 1.97. The standard InChI is InChI=1S/C13H25NO3S/c1-18(16,17)12-6-4-5-11(9-12)14-13(10-15)7-2-3-8-13/h11-12,14-15H,2-10H2,1H3. The van der Waals surface area contributed by atoms with Crippen molar-refractivity contribution >= 4 is 9.84 Å². The lowest BCUT2D eigenvalue weighted by atomic mass is 9.90. The van der Waals surface area contributed by atoms with E-state index in [1.165, 1.54) is 6.26 Å². The maximum Gasteiger partial charge on any atom is 0.150 e. The number of rotatable bonds is 4. The van der Waals surface area contributed by atoms with Crippen molar-refractivity contribution in [2.75, 3.05) is 12.9 Å². The molecule has 2 N–H and O–H groups in total. The molecule has 0 aromatic heterocycles. The van der Waals surface area contributed by atoms with E-state index in [2.05, 4.69) is 5.32 Å². The van der Waals surface area contributed by atoms with Gasteiger partial charge in [0.05, 0.1) is 11.9 Å². The normalized spacial score (nSPS) is 32.6. The Kier molecular flexibility index (Phi) is 4.34. The fourth-order valence-corrected chi connectivity index (χ4v) is 4.67. The van der Waals surface area contributed by atoms with Gasteiger partial charge in [-0.15, -0.1) is 0 Å². The maximum atomic E-state index is 11.6. The van der Waals surface area contributed by atoms with E-state index in [4.69, 9.17) is 0 Å². The lowest BCUT2D eigenvalue weighted by Crippen LogP contribution is -2.53. The molecule has 4 nitrogen and oxygen atoms in total. The largest absolute Gasteiger partial charge is 0.394 e. The van der Waals surface area contributed by atoms with Crippen LogP contribution in [0.5, 0.6) is 0 Å². The van der Waals surface area contributed by atoms with Gasteiger partial charge < -0.3 is 10.4 Å². The Morgan fingerprint density at radius 2 is 1.89 bits per heavy atom. The summed E-state index contributed by atoms with van der Waals surface area (Å²) in [7, 11) is -2.92. The minimum Gasteiger partial charge on any atom is -0.394 e. The molecule has 2 aliphatic rings. The van der Waals surface area contributed by atoms with Gasteiger partial charge in [-0.2, -0.15) is 0 Å². The summed E-state index contributed by atoms with van der Waals surface area (Å²) in [5.74, 6) is 0. The SMILES string of the molecule is CS(=O)(=O)C1CCCC(NC2(CO)CCCC2)C1. The third-order valence-electron chi connectivity index (χ3n) is 4.61. The van der Waals surface area contributed by atoms with Crippen LogP contribution in [0.2, 0.25) is 0 Å². The molecule has 2 saturated carbocycles. The second-order valence-corrected chi connectivity index (χ2v) is 8.43. The van der Waals surface area contributed by atoms with Crippen LogP contribution in [0.3, 0.4) is 0 Å². The van der Waals surface area contributed by atoms with Crippen molar-refractivity contribution in [3.63, 3.8) is 0 Å². The summed E-state index contributed by atoms with van der Waals surface area (Å²) in [5.41, 5.74) is -0.135. The number of aliphatic hydroxyl groups is 1. The highest BCUT2D eigenvalue weighted by Gasteiger charge is 2.37. The monoisotopic (exact) mass is 275 g/mol. The van der Waals surface area contributed by atoms with Crippen molar-refractivity contribution in [3.8, 4) is 0 Å². The first-order valence-corrected chi connectivity index (χ1v) is 8.98. The molecule has 2 unspecified atom stereocenters. The summed E-state index contributed by atoms with van der Waals surface area (Å²) in [6.45, 7) is 0.174. The molecule has 0 radical (unpaired) electrons. The zero-order chi connectivity index (χ0) is 13.2. The molecular weight excluding hydrogens is 250 g/mol. The molecule has 0 aromatic rings. The second kappa shape index (κ2) is 5.47. The Labute approximate surface area is 110 Å². The second-order valence-electron chi connectivity index (χ2n) is 6.10. The van der Waals surface area contributed by atoms with E-state index < -0.39 is 9.84 Å². The first-order valence-electron chi connectivity index (χ1n) is 7.03. The number of hydrogen-bond donors (Lipinski definition) is 2. The Hall–Kier alpha value is -0.130. The van der Waals surface area contributed by atoms with Crippen molar-refractivity contribution in [1.29, 1.82) is 0 Å². The molecule has 0 aliphatic heterocycles. The molecule has 0 saturated heterocycles. The van der Waals surface area contributed by atoms with Gasteiger partial charge in [-0.05, 0) is 32.1 Å². The minimum absolute atomic E-state index is 0.135. The van der Waals surface area contributed by atoms with Crippen LogP contribution in [0, 0.1) is 0 Å². The van der Waals surface area contributed by atoms with Gasteiger partial charge >= 0.3 is 0 Å². The summed E-state index contributed by atoms with van der Waals surface area (Å²) >= 11 is 0. The topological polar surface area (TPSA) is 66.4 Å². The van der Waals surface area contributed by atoms with Crippen LogP contribution in [0.1, 0.15) is 51.4 Å². The molecule has 0 spiro atoms. The smallest absolute Gasteiger partial charge is 0.150 e. The number of aliphatic hydroxyl groups excluding tert-OH is 1. The molecule has 5 heteroatoms. The van der Waals surface area contributed by atoms with Crippen LogP contribution in [0.4, 0.5) is 0 Å². The van der Waals surface area contributed by atoms with Crippen LogP contribution < -0.4 is 5.32 Å². The molecule has 2 fully saturated rings. The van der Waals surface area contributed by atoms with Crippen LogP contribution in [-0.4, -0.2) is 43.2 Å². The maximum absolute atomic E-state index is 11.6. The molecule has 106 valence electrons. The zero-order valence-electron chi connectivity index (χ0n) is 11.2. The molecule has 0 amide bonds. The van der Waals surface area contributed by atoms with Gasteiger partial charge in [-0.3, -0.25) is 0 Å². The summed E-state index contributed by atoms with van der Waals surface area (Å²) < 4.78 is 23.3. The minimum atomic E-state index is -2.92. The molecule has 2 atom stereocenters. The predicted molar refractivity (Wildman–Crippen MR) is 72.3 cm³/mol. The highest BCUT2D eigenvalue weighted by Crippen LogP contribution is 2.32. The molecule has 2 aliphatic carbocycles. The van der Waals surface area contributed by atoms with E-state index >= 15 is 0 Å².